The molecule has 9 heteroatoms. The fraction of sp³-hybridized carbons (Fsp3) is 0.333. The van der Waals surface area contributed by atoms with Crippen LogP contribution in [0, 0.1) is 0 Å². The zero-order chi connectivity index (χ0) is 14.2. The van der Waals surface area contributed by atoms with E-state index in [1.165, 1.54) is 17.7 Å². The Balaban J connectivity index is 1.58. The van der Waals surface area contributed by atoms with Crippen LogP contribution in [0.4, 0.5) is 0 Å². The van der Waals surface area contributed by atoms with Gasteiger partial charge in [-0.2, -0.15) is 0 Å². The third-order valence-corrected chi connectivity index (χ3v) is 4.40. The van der Waals surface area contributed by atoms with Crippen molar-refractivity contribution in [3.63, 3.8) is 0 Å². The summed E-state index contributed by atoms with van der Waals surface area (Å²) in [6, 6.07) is 0. The highest BCUT2D eigenvalue weighted by molar-refractivity contribution is 7.13. The SMILES string of the molecule is Clc1nc(Cn2cc(-c3ncoc3C3CNC3)nn2)cs1. The largest absolute Gasteiger partial charge is 0.447 e. The predicted molar refractivity (Wildman–Crippen MR) is 77.4 cm³/mol. The van der Waals surface area contributed by atoms with Gasteiger partial charge in [-0.15, -0.1) is 16.4 Å². The number of halogens is 1. The van der Waals surface area contributed by atoms with Crippen LogP contribution in [0.3, 0.4) is 0 Å². The summed E-state index contributed by atoms with van der Waals surface area (Å²) in [4.78, 5) is 8.47. The van der Waals surface area contributed by atoms with Crippen molar-refractivity contribution in [1.29, 1.82) is 0 Å². The molecule has 0 amide bonds. The first-order chi connectivity index (χ1) is 10.3. The summed E-state index contributed by atoms with van der Waals surface area (Å²) in [6.45, 7) is 2.36. The first-order valence-electron chi connectivity index (χ1n) is 6.44. The van der Waals surface area contributed by atoms with Crippen LogP contribution in [0.5, 0.6) is 0 Å². The van der Waals surface area contributed by atoms with Crippen molar-refractivity contribution in [3.8, 4) is 11.4 Å². The minimum Gasteiger partial charge on any atom is -0.447 e. The van der Waals surface area contributed by atoms with Gasteiger partial charge in [-0.1, -0.05) is 16.8 Å². The number of nitrogens with one attached hydrogen (secondary N) is 1. The molecule has 0 spiro atoms. The van der Waals surface area contributed by atoms with Crippen LogP contribution in [0.2, 0.25) is 4.47 Å². The molecule has 4 rings (SSSR count). The number of oxazole rings is 1. The summed E-state index contributed by atoms with van der Waals surface area (Å²) in [5, 5.41) is 13.4. The molecule has 3 aromatic heterocycles. The van der Waals surface area contributed by atoms with Gasteiger partial charge in [0.2, 0.25) is 0 Å². The predicted octanol–water partition coefficient (Wildman–Crippen LogP) is 1.78. The Labute approximate surface area is 129 Å². The summed E-state index contributed by atoms with van der Waals surface area (Å²) >= 11 is 7.23. The maximum absolute atomic E-state index is 5.82. The number of nitrogens with zero attached hydrogens (tertiary/aromatic N) is 5. The van der Waals surface area contributed by atoms with Crippen molar-refractivity contribution >= 4 is 22.9 Å². The number of hydrogen-bond donors (Lipinski definition) is 1. The van der Waals surface area contributed by atoms with Gasteiger partial charge in [0.05, 0.1) is 18.4 Å². The van der Waals surface area contributed by atoms with E-state index in [-0.39, 0.29) is 0 Å². The van der Waals surface area contributed by atoms with Crippen LogP contribution in [0.25, 0.3) is 11.4 Å². The molecule has 0 bridgehead atoms. The third kappa shape index (κ3) is 2.45. The van der Waals surface area contributed by atoms with E-state index in [1.54, 1.807) is 4.68 Å². The van der Waals surface area contributed by atoms with Gasteiger partial charge >= 0.3 is 0 Å². The molecule has 0 unspecified atom stereocenters. The van der Waals surface area contributed by atoms with Crippen LogP contribution in [-0.4, -0.2) is 38.1 Å². The Bertz CT molecular complexity index is 761. The minimum atomic E-state index is 0.366. The van der Waals surface area contributed by atoms with E-state index in [0.717, 1.165) is 30.2 Å². The molecule has 1 fully saturated rings. The van der Waals surface area contributed by atoms with Crippen LogP contribution >= 0.6 is 22.9 Å². The van der Waals surface area contributed by atoms with E-state index >= 15 is 0 Å². The quantitative estimate of drug-likeness (QED) is 0.788. The maximum Gasteiger partial charge on any atom is 0.183 e. The topological polar surface area (TPSA) is 81.7 Å². The zero-order valence-corrected chi connectivity index (χ0v) is 12.4. The van der Waals surface area contributed by atoms with E-state index in [9.17, 15) is 0 Å². The smallest absolute Gasteiger partial charge is 0.183 e. The number of hydrogen-bond acceptors (Lipinski definition) is 7. The average Bonchev–Trinajstić information content (AvgIpc) is 3.09. The molecule has 0 aromatic carbocycles. The second kappa shape index (κ2) is 5.21. The molecule has 1 aliphatic rings. The Morgan fingerprint density at radius 3 is 3.10 bits per heavy atom. The van der Waals surface area contributed by atoms with Gasteiger partial charge in [0, 0.05) is 24.4 Å². The minimum absolute atomic E-state index is 0.366. The van der Waals surface area contributed by atoms with Crippen LogP contribution in [0.1, 0.15) is 17.4 Å². The number of rotatable bonds is 4. The molecule has 0 aliphatic carbocycles. The normalized spacial score (nSPS) is 15.3. The highest BCUT2D eigenvalue weighted by atomic mass is 35.5. The van der Waals surface area contributed by atoms with E-state index in [2.05, 4.69) is 25.6 Å². The van der Waals surface area contributed by atoms with E-state index in [4.69, 9.17) is 16.0 Å². The lowest BCUT2D eigenvalue weighted by atomic mass is 9.98. The summed E-state index contributed by atoms with van der Waals surface area (Å²) in [6.07, 6.45) is 3.31. The van der Waals surface area contributed by atoms with E-state index < -0.39 is 0 Å². The van der Waals surface area contributed by atoms with Gasteiger partial charge in [0.1, 0.15) is 17.1 Å². The second-order valence-corrected chi connectivity index (χ2v) is 6.25. The van der Waals surface area contributed by atoms with Crippen LogP contribution in [0.15, 0.2) is 22.4 Å². The monoisotopic (exact) mass is 322 g/mol. The molecule has 1 aliphatic heterocycles. The molecule has 0 atom stereocenters. The first kappa shape index (κ1) is 12.9. The van der Waals surface area contributed by atoms with Crippen LogP contribution in [-0.2, 0) is 6.54 Å². The maximum atomic E-state index is 5.82. The summed E-state index contributed by atoms with van der Waals surface area (Å²) < 4.78 is 7.75. The van der Waals surface area contributed by atoms with Gasteiger partial charge in [0.15, 0.2) is 10.9 Å². The van der Waals surface area contributed by atoms with Crippen LogP contribution < -0.4 is 5.32 Å². The number of thiazole rings is 1. The molecule has 21 heavy (non-hydrogen) atoms. The molecule has 1 N–H and O–H groups in total. The lowest BCUT2D eigenvalue weighted by Gasteiger charge is -2.25. The molecule has 0 radical (unpaired) electrons. The van der Waals surface area contributed by atoms with Gasteiger partial charge in [0.25, 0.3) is 0 Å². The first-order valence-corrected chi connectivity index (χ1v) is 7.70. The summed E-state index contributed by atoms with van der Waals surface area (Å²) in [5.74, 6) is 1.24. The highest BCUT2D eigenvalue weighted by Gasteiger charge is 2.27. The fourth-order valence-electron chi connectivity index (χ4n) is 2.22. The average molecular weight is 323 g/mol. The van der Waals surface area contributed by atoms with Gasteiger partial charge in [-0.05, 0) is 0 Å². The van der Waals surface area contributed by atoms with Crippen molar-refractivity contribution in [3.05, 3.63) is 33.9 Å². The molecule has 1 saturated heterocycles. The van der Waals surface area contributed by atoms with Gasteiger partial charge in [-0.3, -0.25) is 0 Å². The molecular weight excluding hydrogens is 312 g/mol. The molecule has 108 valence electrons. The van der Waals surface area contributed by atoms with Crippen molar-refractivity contribution in [2.45, 2.75) is 12.5 Å². The number of aromatic nitrogens is 5. The van der Waals surface area contributed by atoms with Gasteiger partial charge in [-0.25, -0.2) is 14.6 Å². The van der Waals surface area contributed by atoms with Crippen molar-refractivity contribution in [1.82, 2.24) is 30.3 Å². The van der Waals surface area contributed by atoms with Crippen molar-refractivity contribution < 1.29 is 4.42 Å². The van der Waals surface area contributed by atoms with Crippen molar-refractivity contribution in [2.75, 3.05) is 13.1 Å². The standard InChI is InChI=1S/C12H11ClN6OS/c13-12-16-8(5-21-12)3-19-4-9(17-18-19)10-11(20-6-15-10)7-1-14-2-7/h4-7,14H,1-3H2. The molecule has 7 nitrogen and oxygen atoms in total. The van der Waals surface area contributed by atoms with E-state index in [1.807, 2.05) is 11.6 Å². The zero-order valence-electron chi connectivity index (χ0n) is 10.9. The Morgan fingerprint density at radius 1 is 1.48 bits per heavy atom. The molecule has 3 aromatic rings. The molecule has 0 saturated carbocycles. The van der Waals surface area contributed by atoms with E-state index in [0.29, 0.717) is 22.6 Å². The van der Waals surface area contributed by atoms with Crippen molar-refractivity contribution in [2.24, 2.45) is 0 Å². The Morgan fingerprint density at radius 2 is 2.38 bits per heavy atom. The lowest BCUT2D eigenvalue weighted by Crippen LogP contribution is -2.39. The second-order valence-electron chi connectivity index (χ2n) is 4.81. The molecule has 4 heterocycles. The molecular formula is C12H11ClN6OS. The Hall–Kier alpha value is -1.77. The fourth-order valence-corrected chi connectivity index (χ4v) is 2.99. The summed E-state index contributed by atoms with van der Waals surface area (Å²) in [7, 11) is 0. The summed E-state index contributed by atoms with van der Waals surface area (Å²) in [5.41, 5.74) is 2.35. The third-order valence-electron chi connectivity index (χ3n) is 3.38. The highest BCUT2D eigenvalue weighted by Crippen LogP contribution is 2.29. The van der Waals surface area contributed by atoms with Gasteiger partial charge < -0.3 is 9.73 Å². The lowest BCUT2D eigenvalue weighted by molar-refractivity contribution is 0.369. The Kier molecular flexibility index (Phi) is 3.21.